The molecule has 1 saturated heterocycles. The number of hydrogen-bond acceptors (Lipinski definition) is 6. The van der Waals surface area contributed by atoms with Crippen LogP contribution >= 0.6 is 11.6 Å². The lowest BCUT2D eigenvalue weighted by molar-refractivity contribution is 0.0542. The average Bonchev–Trinajstić information content (AvgIpc) is 2.50. The van der Waals surface area contributed by atoms with Crippen LogP contribution in [0, 0.1) is 5.92 Å². The Balaban J connectivity index is 1.40. The predicted octanol–water partition coefficient (Wildman–Crippen LogP) is 2.04. The maximum absolute atomic E-state index is 5.77. The number of hydrogen-bond donors (Lipinski definition) is 0. The third kappa shape index (κ3) is 3.84. The molecule has 3 rings (SSSR count). The summed E-state index contributed by atoms with van der Waals surface area (Å²) in [5.41, 5.74) is 1.18. The van der Waals surface area contributed by atoms with Gasteiger partial charge in [-0.2, -0.15) is 4.98 Å². The Kier molecular flexibility index (Phi) is 4.70. The second-order valence-corrected chi connectivity index (χ2v) is 5.65. The van der Waals surface area contributed by atoms with Crippen molar-refractivity contribution in [3.8, 4) is 11.8 Å². The normalized spacial score (nSPS) is 15.4. The molecule has 3 heterocycles. The summed E-state index contributed by atoms with van der Waals surface area (Å²) >= 11 is 5.77. The molecule has 22 heavy (non-hydrogen) atoms. The van der Waals surface area contributed by atoms with E-state index in [2.05, 4.69) is 19.9 Å². The summed E-state index contributed by atoms with van der Waals surface area (Å²) in [6.07, 6.45) is 4.91. The number of nitrogens with zero attached hydrogens (tertiary/aromatic N) is 4. The molecule has 0 bridgehead atoms. The van der Waals surface area contributed by atoms with Crippen LogP contribution in [0.1, 0.15) is 5.56 Å². The number of likely N-dealkylation sites (tertiary alicyclic amines) is 1. The van der Waals surface area contributed by atoms with Gasteiger partial charge in [0.1, 0.15) is 0 Å². The van der Waals surface area contributed by atoms with E-state index < -0.39 is 0 Å². The highest BCUT2D eigenvalue weighted by atomic mass is 35.5. The van der Waals surface area contributed by atoms with Crippen molar-refractivity contribution in [1.82, 2.24) is 19.9 Å². The molecule has 2 aromatic rings. The highest BCUT2D eigenvalue weighted by molar-refractivity contribution is 6.29. The van der Waals surface area contributed by atoms with Crippen molar-refractivity contribution < 1.29 is 9.47 Å². The Morgan fingerprint density at radius 1 is 1.23 bits per heavy atom. The molecule has 1 aliphatic rings. The zero-order chi connectivity index (χ0) is 15.4. The first kappa shape index (κ1) is 15.0. The second-order valence-electron chi connectivity index (χ2n) is 5.26. The van der Waals surface area contributed by atoms with Gasteiger partial charge in [-0.1, -0.05) is 17.7 Å². The maximum atomic E-state index is 5.77. The summed E-state index contributed by atoms with van der Waals surface area (Å²) in [5, 5.41) is 0.347. The van der Waals surface area contributed by atoms with Gasteiger partial charge in [0.25, 0.3) is 0 Å². The number of rotatable bonds is 6. The Morgan fingerprint density at radius 3 is 2.77 bits per heavy atom. The van der Waals surface area contributed by atoms with E-state index in [1.807, 2.05) is 18.3 Å². The molecule has 0 amide bonds. The van der Waals surface area contributed by atoms with Crippen LogP contribution in [0.5, 0.6) is 11.8 Å². The van der Waals surface area contributed by atoms with E-state index in [4.69, 9.17) is 21.1 Å². The van der Waals surface area contributed by atoms with E-state index in [0.717, 1.165) is 19.6 Å². The predicted molar refractivity (Wildman–Crippen MR) is 82.1 cm³/mol. The van der Waals surface area contributed by atoms with Crippen LogP contribution < -0.4 is 9.47 Å². The largest absolute Gasteiger partial charge is 0.481 e. The fourth-order valence-electron chi connectivity index (χ4n) is 2.39. The minimum absolute atomic E-state index is 0.347. The van der Waals surface area contributed by atoms with Crippen molar-refractivity contribution in [2.75, 3.05) is 26.8 Å². The molecule has 1 fully saturated rings. The second kappa shape index (κ2) is 6.89. The average molecular weight is 321 g/mol. The summed E-state index contributed by atoms with van der Waals surface area (Å²) < 4.78 is 10.7. The third-order valence-corrected chi connectivity index (χ3v) is 3.68. The van der Waals surface area contributed by atoms with Crippen molar-refractivity contribution in [2.24, 2.45) is 5.92 Å². The number of aromatic nitrogens is 3. The van der Waals surface area contributed by atoms with Crippen molar-refractivity contribution in [3.63, 3.8) is 0 Å². The Morgan fingerprint density at radius 2 is 2.09 bits per heavy atom. The van der Waals surface area contributed by atoms with Gasteiger partial charge in [-0.05, 0) is 5.56 Å². The Labute approximate surface area is 134 Å². The quantitative estimate of drug-likeness (QED) is 0.812. The van der Waals surface area contributed by atoms with Gasteiger partial charge in [-0.3, -0.25) is 9.88 Å². The fourth-order valence-corrected chi connectivity index (χ4v) is 2.53. The molecular weight excluding hydrogens is 304 g/mol. The summed E-state index contributed by atoms with van der Waals surface area (Å²) in [7, 11) is 1.62. The highest BCUT2D eigenvalue weighted by Gasteiger charge is 2.27. The van der Waals surface area contributed by atoms with Gasteiger partial charge in [0.15, 0.2) is 5.15 Å². The number of halogens is 1. The van der Waals surface area contributed by atoms with Gasteiger partial charge in [-0.25, -0.2) is 4.98 Å². The van der Waals surface area contributed by atoms with Gasteiger partial charge < -0.3 is 9.47 Å². The van der Waals surface area contributed by atoms with E-state index in [1.54, 1.807) is 13.3 Å². The molecule has 0 unspecified atom stereocenters. The van der Waals surface area contributed by atoms with Gasteiger partial charge in [0.05, 0.1) is 26.1 Å². The molecule has 0 aromatic carbocycles. The van der Waals surface area contributed by atoms with Gasteiger partial charge in [0, 0.05) is 37.8 Å². The van der Waals surface area contributed by atoms with Gasteiger partial charge in [0.2, 0.25) is 11.8 Å². The molecule has 1 aliphatic heterocycles. The molecule has 0 aliphatic carbocycles. The van der Waals surface area contributed by atoms with Crippen molar-refractivity contribution >= 4 is 11.6 Å². The lowest BCUT2D eigenvalue weighted by atomic mass is 10.0. The lowest BCUT2D eigenvalue weighted by Crippen LogP contribution is -2.48. The minimum atomic E-state index is 0.347. The lowest BCUT2D eigenvalue weighted by Gasteiger charge is -2.38. The van der Waals surface area contributed by atoms with E-state index in [1.165, 1.54) is 11.8 Å². The zero-order valence-electron chi connectivity index (χ0n) is 12.3. The third-order valence-electron chi connectivity index (χ3n) is 3.50. The molecule has 0 radical (unpaired) electrons. The Hall–Kier alpha value is -1.92. The molecule has 0 spiro atoms. The standard InChI is InChI=1S/C15H17ClN4O2/c1-21-14-3-2-11(4-18-14)7-20-8-12(9-20)10-22-15-6-17-5-13(16)19-15/h2-6,12H,7-10H2,1H3. The Bertz CT molecular complexity index is 617. The first-order valence-electron chi connectivity index (χ1n) is 7.04. The summed E-state index contributed by atoms with van der Waals surface area (Å²) in [6.45, 7) is 3.52. The number of methoxy groups -OCH3 is 1. The van der Waals surface area contributed by atoms with Crippen molar-refractivity contribution in [1.29, 1.82) is 0 Å². The molecule has 7 heteroatoms. The van der Waals surface area contributed by atoms with E-state index >= 15 is 0 Å². The van der Waals surface area contributed by atoms with E-state index in [9.17, 15) is 0 Å². The monoisotopic (exact) mass is 320 g/mol. The van der Waals surface area contributed by atoms with Crippen LogP contribution in [-0.4, -0.2) is 46.7 Å². The van der Waals surface area contributed by atoms with Crippen LogP contribution in [-0.2, 0) is 6.54 Å². The van der Waals surface area contributed by atoms with Crippen LogP contribution in [0.2, 0.25) is 5.15 Å². The highest BCUT2D eigenvalue weighted by Crippen LogP contribution is 2.20. The molecule has 2 aromatic heterocycles. The summed E-state index contributed by atoms with van der Waals surface area (Å²) in [4.78, 5) is 14.6. The van der Waals surface area contributed by atoms with Gasteiger partial charge in [-0.15, -0.1) is 0 Å². The van der Waals surface area contributed by atoms with Crippen molar-refractivity contribution in [2.45, 2.75) is 6.54 Å². The number of pyridine rings is 1. The van der Waals surface area contributed by atoms with Gasteiger partial charge >= 0.3 is 0 Å². The molecular formula is C15H17ClN4O2. The van der Waals surface area contributed by atoms with Crippen molar-refractivity contribution in [3.05, 3.63) is 41.4 Å². The fraction of sp³-hybridized carbons (Fsp3) is 0.400. The zero-order valence-corrected chi connectivity index (χ0v) is 13.0. The molecule has 116 valence electrons. The first-order chi connectivity index (χ1) is 10.7. The maximum Gasteiger partial charge on any atom is 0.233 e. The van der Waals surface area contributed by atoms with Crippen LogP contribution in [0.15, 0.2) is 30.7 Å². The molecule has 0 atom stereocenters. The molecule has 0 N–H and O–H groups in total. The van der Waals surface area contributed by atoms with Crippen LogP contribution in [0.25, 0.3) is 0 Å². The first-order valence-corrected chi connectivity index (χ1v) is 7.42. The van der Waals surface area contributed by atoms with E-state index in [0.29, 0.717) is 29.4 Å². The topological polar surface area (TPSA) is 60.4 Å². The summed E-state index contributed by atoms with van der Waals surface area (Å²) in [6, 6.07) is 3.92. The molecule has 0 saturated carbocycles. The number of ether oxygens (including phenoxy) is 2. The van der Waals surface area contributed by atoms with Crippen LogP contribution in [0.3, 0.4) is 0 Å². The minimum Gasteiger partial charge on any atom is -0.481 e. The SMILES string of the molecule is COc1ccc(CN2CC(COc3cncc(Cl)n3)C2)cn1. The molecule has 6 nitrogen and oxygen atoms in total. The smallest absolute Gasteiger partial charge is 0.233 e. The van der Waals surface area contributed by atoms with Crippen LogP contribution in [0.4, 0.5) is 0 Å². The van der Waals surface area contributed by atoms with E-state index in [-0.39, 0.29) is 0 Å². The summed E-state index contributed by atoms with van der Waals surface area (Å²) in [5.74, 6) is 1.62.